The number of aliphatic hydroxyl groups excluding tert-OH is 1. The molecule has 0 atom stereocenters. The summed E-state index contributed by atoms with van der Waals surface area (Å²) in [7, 11) is 0. The Morgan fingerprint density at radius 2 is 1.73 bits per heavy atom. The van der Waals surface area contributed by atoms with Crippen molar-refractivity contribution in [3.05, 3.63) is 29.3 Å². The first-order valence-corrected chi connectivity index (χ1v) is 7.52. The van der Waals surface area contributed by atoms with E-state index in [-0.39, 0.29) is 26.4 Å². The van der Waals surface area contributed by atoms with Gasteiger partial charge < -0.3 is 20.5 Å². The summed E-state index contributed by atoms with van der Waals surface area (Å²) in [6, 6.07) is 5.83. The number of ether oxygens (including phenoxy) is 1. The zero-order valence-electron chi connectivity index (χ0n) is 13.1. The third-order valence-corrected chi connectivity index (χ3v) is 3.21. The zero-order valence-corrected chi connectivity index (χ0v) is 13.1. The van der Waals surface area contributed by atoms with Gasteiger partial charge in [0, 0.05) is 12.2 Å². The monoisotopic (exact) mass is 308 g/mol. The van der Waals surface area contributed by atoms with Gasteiger partial charge in [0.1, 0.15) is 0 Å². The van der Waals surface area contributed by atoms with Crippen molar-refractivity contribution in [1.82, 2.24) is 5.32 Å². The molecular formula is C16H24N2O4. The van der Waals surface area contributed by atoms with Crippen LogP contribution in [0.5, 0.6) is 0 Å². The molecule has 6 heteroatoms. The number of carbonyl (C=O) groups is 2. The summed E-state index contributed by atoms with van der Waals surface area (Å²) in [5.74, 6) is -1.38. The molecule has 3 N–H and O–H groups in total. The highest BCUT2D eigenvalue weighted by atomic mass is 16.5. The Bertz CT molecular complexity index is 481. The van der Waals surface area contributed by atoms with Gasteiger partial charge in [0.25, 0.3) is 0 Å². The highest BCUT2D eigenvalue weighted by Crippen LogP contribution is 2.22. The number of rotatable bonds is 8. The first-order valence-electron chi connectivity index (χ1n) is 7.52. The Balaban J connectivity index is 2.59. The molecule has 0 aliphatic carbocycles. The predicted octanol–water partition coefficient (Wildman–Crippen LogP) is 0.875. The molecule has 0 aliphatic heterocycles. The van der Waals surface area contributed by atoms with Crippen molar-refractivity contribution in [3.8, 4) is 0 Å². The summed E-state index contributed by atoms with van der Waals surface area (Å²) < 4.78 is 5.01. The molecule has 0 heterocycles. The number of aliphatic hydroxyl groups is 1. The van der Waals surface area contributed by atoms with Crippen molar-refractivity contribution < 1.29 is 19.4 Å². The van der Waals surface area contributed by atoms with Crippen LogP contribution in [0.3, 0.4) is 0 Å². The fraction of sp³-hybridized carbons (Fsp3) is 0.500. The maximum atomic E-state index is 12.0. The van der Waals surface area contributed by atoms with Gasteiger partial charge in [0.2, 0.25) is 0 Å². The molecule has 0 spiro atoms. The van der Waals surface area contributed by atoms with Crippen molar-refractivity contribution in [3.63, 3.8) is 0 Å². The molecule has 0 aliphatic rings. The van der Waals surface area contributed by atoms with Crippen LogP contribution < -0.4 is 10.6 Å². The van der Waals surface area contributed by atoms with Crippen LogP contribution in [0.1, 0.15) is 25.0 Å². The highest BCUT2D eigenvalue weighted by molar-refractivity contribution is 6.39. The van der Waals surface area contributed by atoms with Crippen LogP contribution >= 0.6 is 0 Å². The molecule has 22 heavy (non-hydrogen) atoms. The van der Waals surface area contributed by atoms with E-state index in [1.54, 1.807) is 0 Å². The molecular weight excluding hydrogens is 284 g/mol. The molecule has 0 saturated carbocycles. The molecule has 0 fully saturated rings. The lowest BCUT2D eigenvalue weighted by molar-refractivity contribution is -0.136. The number of aryl methyl sites for hydroxylation is 2. The van der Waals surface area contributed by atoms with Crippen LogP contribution in [0.25, 0.3) is 0 Å². The number of para-hydroxylation sites is 1. The smallest absolute Gasteiger partial charge is 0.313 e. The summed E-state index contributed by atoms with van der Waals surface area (Å²) >= 11 is 0. The fourth-order valence-corrected chi connectivity index (χ4v) is 2.06. The molecule has 0 saturated heterocycles. The number of nitrogens with one attached hydrogen (secondary N) is 2. The second kappa shape index (κ2) is 9.92. The lowest BCUT2D eigenvalue weighted by Crippen LogP contribution is -2.37. The van der Waals surface area contributed by atoms with Crippen LogP contribution in [0.4, 0.5) is 5.69 Å². The topological polar surface area (TPSA) is 87.7 Å². The van der Waals surface area contributed by atoms with Crippen molar-refractivity contribution in [2.75, 3.05) is 31.7 Å². The molecule has 1 aromatic rings. The lowest BCUT2D eigenvalue weighted by atomic mass is 10.0. The Morgan fingerprint density at radius 1 is 1.09 bits per heavy atom. The number of amides is 2. The van der Waals surface area contributed by atoms with Gasteiger partial charge in [-0.2, -0.15) is 0 Å². The van der Waals surface area contributed by atoms with E-state index in [0.717, 1.165) is 29.7 Å². The normalized spacial score (nSPS) is 10.3. The van der Waals surface area contributed by atoms with Gasteiger partial charge in [0.05, 0.1) is 19.8 Å². The fourth-order valence-electron chi connectivity index (χ4n) is 2.06. The Hall–Kier alpha value is -1.92. The van der Waals surface area contributed by atoms with Crippen molar-refractivity contribution in [2.45, 2.75) is 26.7 Å². The van der Waals surface area contributed by atoms with Gasteiger partial charge in [-0.15, -0.1) is 0 Å². The Morgan fingerprint density at radius 3 is 2.27 bits per heavy atom. The van der Waals surface area contributed by atoms with Crippen LogP contribution in [-0.4, -0.2) is 43.3 Å². The minimum absolute atomic E-state index is 0.0674. The molecule has 6 nitrogen and oxygen atoms in total. The number of carbonyl (C=O) groups excluding carboxylic acids is 2. The third-order valence-electron chi connectivity index (χ3n) is 3.21. The predicted molar refractivity (Wildman–Crippen MR) is 84.7 cm³/mol. The number of benzene rings is 1. The van der Waals surface area contributed by atoms with Gasteiger partial charge in [0.15, 0.2) is 0 Å². The maximum Gasteiger partial charge on any atom is 0.313 e. The molecule has 0 radical (unpaired) electrons. The van der Waals surface area contributed by atoms with E-state index in [1.165, 1.54) is 0 Å². The van der Waals surface area contributed by atoms with Crippen LogP contribution in [0.15, 0.2) is 18.2 Å². The van der Waals surface area contributed by atoms with Crippen molar-refractivity contribution >= 4 is 17.5 Å². The lowest BCUT2D eigenvalue weighted by Gasteiger charge is -2.14. The van der Waals surface area contributed by atoms with E-state index >= 15 is 0 Å². The average Bonchev–Trinajstić information content (AvgIpc) is 2.54. The van der Waals surface area contributed by atoms with Crippen LogP contribution in [0.2, 0.25) is 0 Å². The van der Waals surface area contributed by atoms with Gasteiger partial charge in [-0.1, -0.05) is 32.0 Å². The molecule has 1 rings (SSSR count). The zero-order chi connectivity index (χ0) is 16.4. The molecule has 0 bridgehead atoms. The molecule has 122 valence electrons. The standard InChI is InChI=1S/C16H24N2O4/c1-3-12-6-5-7-13(4-2)14(12)18-16(21)15(20)17-8-10-22-11-9-19/h5-7,19H,3-4,8-11H2,1-2H3,(H,17,20)(H,18,21). The summed E-state index contributed by atoms with van der Waals surface area (Å²) in [6.07, 6.45) is 1.56. The van der Waals surface area contributed by atoms with Crippen molar-refractivity contribution in [1.29, 1.82) is 0 Å². The Labute approximate surface area is 130 Å². The number of hydrogen-bond acceptors (Lipinski definition) is 4. The second-order valence-electron chi connectivity index (χ2n) is 4.70. The maximum absolute atomic E-state index is 12.0. The van der Waals surface area contributed by atoms with Gasteiger partial charge in [-0.25, -0.2) is 0 Å². The third kappa shape index (κ3) is 5.46. The summed E-state index contributed by atoms with van der Waals surface area (Å²) in [6.45, 7) is 4.63. The second-order valence-corrected chi connectivity index (χ2v) is 4.70. The van der Waals surface area contributed by atoms with Gasteiger partial charge in [-0.05, 0) is 24.0 Å². The van der Waals surface area contributed by atoms with Gasteiger partial charge in [-0.3, -0.25) is 9.59 Å². The summed E-state index contributed by atoms with van der Waals surface area (Å²) in [5.41, 5.74) is 2.74. The average molecular weight is 308 g/mol. The van der Waals surface area contributed by atoms with Crippen LogP contribution in [-0.2, 0) is 27.2 Å². The van der Waals surface area contributed by atoms with Crippen molar-refractivity contribution in [2.24, 2.45) is 0 Å². The van der Waals surface area contributed by atoms with E-state index in [0.29, 0.717) is 0 Å². The first kappa shape index (κ1) is 18.1. The quantitative estimate of drug-likeness (QED) is 0.491. The molecule has 0 unspecified atom stereocenters. The van der Waals surface area contributed by atoms with E-state index in [4.69, 9.17) is 9.84 Å². The minimum atomic E-state index is -0.694. The van der Waals surface area contributed by atoms with E-state index in [1.807, 2.05) is 32.0 Å². The highest BCUT2D eigenvalue weighted by Gasteiger charge is 2.16. The van der Waals surface area contributed by atoms with E-state index in [2.05, 4.69) is 10.6 Å². The summed E-state index contributed by atoms with van der Waals surface area (Å²) in [4.78, 5) is 23.7. The van der Waals surface area contributed by atoms with E-state index < -0.39 is 11.8 Å². The SMILES string of the molecule is CCc1cccc(CC)c1NC(=O)C(=O)NCCOCCO. The molecule has 2 amide bonds. The van der Waals surface area contributed by atoms with Crippen LogP contribution in [0, 0.1) is 0 Å². The first-order chi connectivity index (χ1) is 10.6. The number of hydrogen-bond donors (Lipinski definition) is 3. The minimum Gasteiger partial charge on any atom is -0.394 e. The Kier molecular flexibility index (Phi) is 8.17. The molecule has 1 aromatic carbocycles. The van der Waals surface area contributed by atoms with Gasteiger partial charge >= 0.3 is 11.8 Å². The number of anilines is 1. The largest absolute Gasteiger partial charge is 0.394 e. The molecule has 0 aromatic heterocycles. The summed E-state index contributed by atoms with van der Waals surface area (Å²) in [5, 5.41) is 13.7. The van der Waals surface area contributed by atoms with E-state index in [9.17, 15) is 9.59 Å².